The Morgan fingerprint density at radius 1 is 1.00 bits per heavy atom. The highest BCUT2D eigenvalue weighted by molar-refractivity contribution is 5.83. The van der Waals surface area contributed by atoms with Crippen molar-refractivity contribution in [1.29, 1.82) is 0 Å². The Hall–Kier alpha value is -1.64. The van der Waals surface area contributed by atoms with E-state index in [1.54, 1.807) is 0 Å². The molecule has 2 nitrogen and oxygen atoms in total. The minimum absolute atomic E-state index is 0.268. The first-order valence-corrected chi connectivity index (χ1v) is 7.99. The van der Waals surface area contributed by atoms with E-state index in [2.05, 4.69) is 54.0 Å². The van der Waals surface area contributed by atoms with Crippen molar-refractivity contribution in [2.45, 2.75) is 44.6 Å². The zero-order valence-corrected chi connectivity index (χ0v) is 12.5. The molecule has 2 aromatic carbocycles. The number of hydrazine groups is 1. The minimum Gasteiger partial charge on any atom is -0.271 e. The number of nitrogens with one attached hydrogen (secondary N) is 1. The lowest BCUT2D eigenvalue weighted by molar-refractivity contribution is 0.564. The van der Waals surface area contributed by atoms with Crippen LogP contribution in [0.15, 0.2) is 54.1 Å². The van der Waals surface area contributed by atoms with Crippen molar-refractivity contribution in [2.24, 2.45) is 5.84 Å². The molecule has 3 rings (SSSR count). The van der Waals surface area contributed by atoms with Gasteiger partial charge in [-0.1, -0.05) is 60.5 Å². The number of hydrogen-bond acceptors (Lipinski definition) is 2. The molecule has 1 atom stereocenters. The third-order valence-corrected chi connectivity index (χ3v) is 4.48. The summed E-state index contributed by atoms with van der Waals surface area (Å²) in [6.07, 6.45) is 9.70. The van der Waals surface area contributed by atoms with E-state index >= 15 is 0 Å². The van der Waals surface area contributed by atoms with Gasteiger partial charge < -0.3 is 0 Å². The van der Waals surface area contributed by atoms with Crippen LogP contribution in [0.5, 0.6) is 0 Å². The molecule has 0 aliphatic heterocycles. The molecule has 1 aliphatic carbocycles. The second-order valence-corrected chi connectivity index (χ2v) is 5.98. The Morgan fingerprint density at radius 3 is 2.71 bits per heavy atom. The maximum Gasteiger partial charge on any atom is 0.0460 e. The molecular formula is C19H24N2. The molecule has 110 valence electrons. The molecule has 3 N–H and O–H groups in total. The molecule has 0 saturated heterocycles. The summed E-state index contributed by atoms with van der Waals surface area (Å²) >= 11 is 0. The minimum atomic E-state index is 0.268. The van der Waals surface area contributed by atoms with Crippen molar-refractivity contribution < 1.29 is 0 Å². The number of allylic oxidation sites excluding steroid dienone is 1. The summed E-state index contributed by atoms with van der Waals surface area (Å²) in [7, 11) is 0. The van der Waals surface area contributed by atoms with Gasteiger partial charge in [-0.25, -0.2) is 0 Å². The molecule has 0 saturated carbocycles. The first kappa shape index (κ1) is 14.3. The van der Waals surface area contributed by atoms with E-state index in [1.807, 2.05) is 0 Å². The van der Waals surface area contributed by atoms with E-state index in [0.717, 1.165) is 6.42 Å². The Bertz CT molecular complexity index is 630. The van der Waals surface area contributed by atoms with Crippen LogP contribution in [0.4, 0.5) is 0 Å². The van der Waals surface area contributed by atoms with Gasteiger partial charge >= 0.3 is 0 Å². The first-order chi connectivity index (χ1) is 10.4. The van der Waals surface area contributed by atoms with Gasteiger partial charge in [0, 0.05) is 6.04 Å². The van der Waals surface area contributed by atoms with Crippen LogP contribution in [-0.2, 0) is 6.42 Å². The summed E-state index contributed by atoms with van der Waals surface area (Å²) in [5.41, 5.74) is 5.87. The van der Waals surface area contributed by atoms with E-state index < -0.39 is 0 Å². The lowest BCUT2D eigenvalue weighted by Gasteiger charge is -2.19. The van der Waals surface area contributed by atoms with Crippen LogP contribution < -0.4 is 11.3 Å². The van der Waals surface area contributed by atoms with Crippen LogP contribution >= 0.6 is 0 Å². The SMILES string of the molecule is NNC(Cc1ccc2ccccc2c1)C1=CCCCCC1. The molecule has 1 aliphatic rings. The lowest BCUT2D eigenvalue weighted by atomic mass is 9.95. The van der Waals surface area contributed by atoms with Gasteiger partial charge in [-0.2, -0.15) is 0 Å². The predicted molar refractivity (Wildman–Crippen MR) is 89.9 cm³/mol. The van der Waals surface area contributed by atoms with Gasteiger partial charge in [-0.05, 0) is 48.4 Å². The largest absolute Gasteiger partial charge is 0.271 e. The molecule has 0 fully saturated rings. The van der Waals surface area contributed by atoms with Crippen LogP contribution in [-0.4, -0.2) is 6.04 Å². The quantitative estimate of drug-likeness (QED) is 0.502. The molecule has 0 heterocycles. The average molecular weight is 280 g/mol. The Balaban J connectivity index is 1.79. The standard InChI is InChI=1S/C19H24N2/c20-21-19(17-8-3-1-2-4-9-17)14-15-11-12-16-7-5-6-10-18(16)13-15/h5-8,10-13,19,21H,1-4,9,14,20H2. The third kappa shape index (κ3) is 3.52. The summed E-state index contributed by atoms with van der Waals surface area (Å²) in [6, 6.07) is 15.5. The summed E-state index contributed by atoms with van der Waals surface area (Å²) in [4.78, 5) is 0. The van der Waals surface area contributed by atoms with Crippen molar-refractivity contribution in [3.8, 4) is 0 Å². The van der Waals surface area contributed by atoms with E-state index in [9.17, 15) is 0 Å². The lowest BCUT2D eigenvalue weighted by Crippen LogP contribution is -2.38. The van der Waals surface area contributed by atoms with Gasteiger partial charge in [0.2, 0.25) is 0 Å². The van der Waals surface area contributed by atoms with Crippen molar-refractivity contribution in [3.05, 3.63) is 59.7 Å². The molecule has 0 radical (unpaired) electrons. The maximum atomic E-state index is 5.82. The molecule has 0 amide bonds. The average Bonchev–Trinajstić information content (AvgIpc) is 2.81. The van der Waals surface area contributed by atoms with Crippen LogP contribution in [0.25, 0.3) is 10.8 Å². The van der Waals surface area contributed by atoms with E-state index in [-0.39, 0.29) is 6.04 Å². The molecule has 21 heavy (non-hydrogen) atoms. The van der Waals surface area contributed by atoms with Crippen molar-refractivity contribution in [1.82, 2.24) is 5.43 Å². The molecule has 2 heteroatoms. The first-order valence-electron chi connectivity index (χ1n) is 7.99. The van der Waals surface area contributed by atoms with Crippen LogP contribution in [0.3, 0.4) is 0 Å². The van der Waals surface area contributed by atoms with Gasteiger partial charge in [0.25, 0.3) is 0 Å². The van der Waals surface area contributed by atoms with E-state index in [1.165, 1.54) is 54.0 Å². The van der Waals surface area contributed by atoms with Crippen LogP contribution in [0.2, 0.25) is 0 Å². The number of hydrogen-bond donors (Lipinski definition) is 2. The summed E-state index contributed by atoms with van der Waals surface area (Å²) in [5.74, 6) is 5.82. The fraction of sp³-hybridized carbons (Fsp3) is 0.368. The van der Waals surface area contributed by atoms with Gasteiger partial charge in [-0.15, -0.1) is 0 Å². The fourth-order valence-corrected chi connectivity index (χ4v) is 3.25. The predicted octanol–water partition coefficient (Wildman–Crippen LogP) is 4.10. The Morgan fingerprint density at radius 2 is 1.86 bits per heavy atom. The third-order valence-electron chi connectivity index (χ3n) is 4.48. The monoisotopic (exact) mass is 280 g/mol. The second-order valence-electron chi connectivity index (χ2n) is 5.98. The maximum absolute atomic E-state index is 5.82. The second kappa shape index (κ2) is 6.88. The fourth-order valence-electron chi connectivity index (χ4n) is 3.25. The van der Waals surface area contributed by atoms with Crippen molar-refractivity contribution in [2.75, 3.05) is 0 Å². The van der Waals surface area contributed by atoms with Crippen molar-refractivity contribution >= 4 is 10.8 Å². The topological polar surface area (TPSA) is 38.0 Å². The molecule has 1 unspecified atom stereocenters. The summed E-state index contributed by atoms with van der Waals surface area (Å²) in [6.45, 7) is 0. The van der Waals surface area contributed by atoms with Gasteiger partial charge in [-0.3, -0.25) is 11.3 Å². The molecule has 0 spiro atoms. The number of nitrogens with two attached hydrogens (primary N) is 1. The highest BCUT2D eigenvalue weighted by Crippen LogP contribution is 2.23. The zero-order valence-electron chi connectivity index (χ0n) is 12.5. The highest BCUT2D eigenvalue weighted by Gasteiger charge is 2.15. The van der Waals surface area contributed by atoms with Gasteiger partial charge in [0.15, 0.2) is 0 Å². The highest BCUT2D eigenvalue weighted by atomic mass is 15.2. The van der Waals surface area contributed by atoms with Crippen molar-refractivity contribution in [3.63, 3.8) is 0 Å². The Labute approximate surface area is 127 Å². The van der Waals surface area contributed by atoms with Gasteiger partial charge in [0.1, 0.15) is 0 Å². The molecule has 0 bridgehead atoms. The van der Waals surface area contributed by atoms with Crippen LogP contribution in [0.1, 0.15) is 37.7 Å². The van der Waals surface area contributed by atoms with Gasteiger partial charge in [0.05, 0.1) is 0 Å². The summed E-state index contributed by atoms with van der Waals surface area (Å²) < 4.78 is 0. The van der Waals surface area contributed by atoms with E-state index in [0.29, 0.717) is 0 Å². The number of rotatable bonds is 4. The smallest absolute Gasteiger partial charge is 0.0460 e. The van der Waals surface area contributed by atoms with E-state index in [4.69, 9.17) is 5.84 Å². The molecular weight excluding hydrogens is 256 g/mol. The normalized spacial score (nSPS) is 17.3. The number of benzene rings is 2. The molecule has 0 aromatic heterocycles. The number of fused-ring (bicyclic) bond motifs is 1. The Kier molecular flexibility index (Phi) is 4.69. The molecule has 2 aromatic rings. The zero-order chi connectivity index (χ0) is 14.5. The summed E-state index contributed by atoms with van der Waals surface area (Å²) in [5, 5.41) is 2.60. The van der Waals surface area contributed by atoms with Crippen LogP contribution in [0, 0.1) is 0 Å².